The average molecular weight is 187 g/mol. The molecule has 0 bridgehead atoms. The van der Waals surface area contributed by atoms with E-state index in [1.165, 1.54) is 0 Å². The Kier molecular flexibility index (Phi) is 1.81. The number of fused-ring (bicyclic) bond motifs is 1. The molecule has 3 nitrogen and oxygen atoms in total. The molecule has 0 radical (unpaired) electrons. The van der Waals surface area contributed by atoms with Gasteiger partial charge in [-0.1, -0.05) is 12.1 Å². The summed E-state index contributed by atoms with van der Waals surface area (Å²) in [5.74, 6) is 0.514. The molecule has 1 aromatic carbocycles. The topological polar surface area (TPSA) is 64.9 Å². The molecule has 72 valence electrons. The van der Waals surface area contributed by atoms with Gasteiger partial charge in [-0.3, -0.25) is 0 Å². The van der Waals surface area contributed by atoms with E-state index >= 15 is 0 Å². The Hall–Kier alpha value is -1.77. The molecule has 2 aromatic rings. The minimum atomic E-state index is 0.514. The molecule has 1 heterocycles. The van der Waals surface area contributed by atoms with Gasteiger partial charge in [-0.15, -0.1) is 0 Å². The Labute approximate surface area is 82.7 Å². The van der Waals surface area contributed by atoms with Crippen molar-refractivity contribution in [3.63, 3.8) is 0 Å². The van der Waals surface area contributed by atoms with E-state index in [1.54, 1.807) is 0 Å². The predicted octanol–water partition coefficient (Wildman–Crippen LogP) is 2.02. The first-order valence-corrected chi connectivity index (χ1v) is 4.52. The van der Waals surface area contributed by atoms with Crippen LogP contribution in [-0.4, -0.2) is 4.98 Å². The molecule has 0 saturated carbocycles. The van der Waals surface area contributed by atoms with Gasteiger partial charge in [-0.2, -0.15) is 0 Å². The van der Waals surface area contributed by atoms with Crippen molar-refractivity contribution in [1.29, 1.82) is 0 Å². The fourth-order valence-electron chi connectivity index (χ4n) is 1.63. The van der Waals surface area contributed by atoms with Crippen molar-refractivity contribution < 1.29 is 0 Å². The average Bonchev–Trinajstić information content (AvgIpc) is 2.14. The van der Waals surface area contributed by atoms with Crippen LogP contribution in [0.4, 0.5) is 11.5 Å². The lowest BCUT2D eigenvalue weighted by molar-refractivity contribution is 1.33. The van der Waals surface area contributed by atoms with Gasteiger partial charge in [0.1, 0.15) is 5.82 Å². The number of anilines is 2. The van der Waals surface area contributed by atoms with Crippen LogP contribution in [0.2, 0.25) is 0 Å². The minimum Gasteiger partial charge on any atom is -0.398 e. The Morgan fingerprint density at radius 1 is 1.14 bits per heavy atom. The molecule has 0 saturated heterocycles. The van der Waals surface area contributed by atoms with Crippen LogP contribution in [-0.2, 0) is 0 Å². The van der Waals surface area contributed by atoms with Crippen LogP contribution in [0, 0.1) is 13.8 Å². The molecular formula is C11H13N3. The molecule has 0 amide bonds. The zero-order valence-electron chi connectivity index (χ0n) is 8.33. The number of benzene rings is 1. The molecular weight excluding hydrogens is 174 g/mol. The first kappa shape index (κ1) is 8.81. The molecule has 1 aromatic heterocycles. The lowest BCUT2D eigenvalue weighted by Crippen LogP contribution is -2.01. The fraction of sp³-hybridized carbons (Fsp3) is 0.182. The molecule has 4 N–H and O–H groups in total. The number of pyridine rings is 1. The van der Waals surface area contributed by atoms with E-state index in [1.807, 2.05) is 32.0 Å². The number of nitrogens with zero attached hydrogens (tertiary/aromatic N) is 1. The highest BCUT2D eigenvalue weighted by Crippen LogP contribution is 2.28. The third-order valence-electron chi connectivity index (χ3n) is 2.55. The van der Waals surface area contributed by atoms with Crippen LogP contribution < -0.4 is 11.5 Å². The van der Waals surface area contributed by atoms with E-state index in [-0.39, 0.29) is 0 Å². The van der Waals surface area contributed by atoms with Crippen LogP contribution in [0.1, 0.15) is 11.1 Å². The van der Waals surface area contributed by atoms with Gasteiger partial charge in [0.05, 0.1) is 5.52 Å². The smallest absolute Gasteiger partial charge is 0.129 e. The number of nitrogen functional groups attached to an aromatic ring is 2. The van der Waals surface area contributed by atoms with Crippen molar-refractivity contribution in [2.75, 3.05) is 11.5 Å². The number of aromatic nitrogens is 1. The third kappa shape index (κ3) is 1.09. The van der Waals surface area contributed by atoms with Crippen LogP contribution in [0.5, 0.6) is 0 Å². The van der Waals surface area contributed by atoms with Crippen molar-refractivity contribution in [1.82, 2.24) is 4.98 Å². The number of aryl methyl sites for hydroxylation is 1. The van der Waals surface area contributed by atoms with Gasteiger partial charge < -0.3 is 11.5 Å². The second-order valence-electron chi connectivity index (χ2n) is 3.50. The van der Waals surface area contributed by atoms with Gasteiger partial charge in [-0.05, 0) is 25.5 Å². The van der Waals surface area contributed by atoms with Crippen molar-refractivity contribution in [2.45, 2.75) is 13.8 Å². The quantitative estimate of drug-likeness (QED) is 0.663. The van der Waals surface area contributed by atoms with E-state index in [4.69, 9.17) is 11.5 Å². The van der Waals surface area contributed by atoms with Gasteiger partial charge in [0, 0.05) is 16.6 Å². The predicted molar refractivity (Wildman–Crippen MR) is 60.0 cm³/mol. The van der Waals surface area contributed by atoms with Gasteiger partial charge in [-0.25, -0.2) is 4.98 Å². The first-order chi connectivity index (χ1) is 6.61. The summed E-state index contributed by atoms with van der Waals surface area (Å²) in [6.45, 7) is 3.92. The zero-order valence-corrected chi connectivity index (χ0v) is 8.33. The van der Waals surface area contributed by atoms with Crippen LogP contribution >= 0.6 is 0 Å². The fourth-order valence-corrected chi connectivity index (χ4v) is 1.63. The maximum Gasteiger partial charge on any atom is 0.129 e. The molecule has 0 spiro atoms. The summed E-state index contributed by atoms with van der Waals surface area (Å²) in [6.07, 6.45) is 0. The minimum absolute atomic E-state index is 0.514. The number of hydrogen-bond donors (Lipinski definition) is 2. The van der Waals surface area contributed by atoms with E-state index < -0.39 is 0 Å². The lowest BCUT2D eigenvalue weighted by atomic mass is 10.1. The largest absolute Gasteiger partial charge is 0.398 e. The van der Waals surface area contributed by atoms with Gasteiger partial charge in [0.2, 0.25) is 0 Å². The second kappa shape index (κ2) is 2.87. The van der Waals surface area contributed by atoms with Crippen LogP contribution in [0.15, 0.2) is 18.2 Å². The molecule has 0 unspecified atom stereocenters. The summed E-state index contributed by atoms with van der Waals surface area (Å²) in [5.41, 5.74) is 15.4. The highest BCUT2D eigenvalue weighted by molar-refractivity contribution is 5.96. The maximum atomic E-state index is 6.00. The van der Waals surface area contributed by atoms with Crippen LogP contribution in [0.3, 0.4) is 0 Å². The van der Waals surface area contributed by atoms with Crippen molar-refractivity contribution >= 4 is 22.4 Å². The number of nitrogens with two attached hydrogens (primary N) is 2. The number of rotatable bonds is 0. The summed E-state index contributed by atoms with van der Waals surface area (Å²) < 4.78 is 0. The van der Waals surface area contributed by atoms with E-state index in [9.17, 15) is 0 Å². The zero-order chi connectivity index (χ0) is 10.3. The normalized spacial score (nSPS) is 10.7. The first-order valence-electron chi connectivity index (χ1n) is 4.52. The molecule has 2 rings (SSSR count). The molecule has 0 aliphatic rings. The second-order valence-corrected chi connectivity index (χ2v) is 3.50. The van der Waals surface area contributed by atoms with E-state index in [0.717, 1.165) is 27.7 Å². The highest BCUT2D eigenvalue weighted by Gasteiger charge is 2.07. The summed E-state index contributed by atoms with van der Waals surface area (Å²) in [6, 6.07) is 5.91. The summed E-state index contributed by atoms with van der Waals surface area (Å²) in [7, 11) is 0. The van der Waals surface area contributed by atoms with Gasteiger partial charge in [0.15, 0.2) is 0 Å². The van der Waals surface area contributed by atoms with Crippen molar-refractivity contribution in [3.05, 3.63) is 29.3 Å². The number of hydrogen-bond acceptors (Lipinski definition) is 3. The maximum absolute atomic E-state index is 6.00. The molecule has 0 aliphatic heterocycles. The molecule has 0 fully saturated rings. The Morgan fingerprint density at radius 3 is 2.57 bits per heavy atom. The Morgan fingerprint density at radius 2 is 1.86 bits per heavy atom. The van der Waals surface area contributed by atoms with Crippen molar-refractivity contribution in [2.24, 2.45) is 0 Å². The Balaban J connectivity index is 2.99. The molecule has 0 atom stereocenters. The monoisotopic (exact) mass is 187 g/mol. The van der Waals surface area contributed by atoms with Crippen molar-refractivity contribution in [3.8, 4) is 0 Å². The summed E-state index contributed by atoms with van der Waals surface area (Å²) in [5, 5.41) is 1.01. The van der Waals surface area contributed by atoms with E-state index in [2.05, 4.69) is 4.98 Å². The lowest BCUT2D eigenvalue weighted by Gasteiger charge is -2.09. The molecule has 14 heavy (non-hydrogen) atoms. The Bertz CT molecular complexity index is 503. The highest BCUT2D eigenvalue weighted by atomic mass is 14.8. The van der Waals surface area contributed by atoms with Gasteiger partial charge >= 0.3 is 0 Å². The SMILES string of the molecule is Cc1c(N)nc2cccc(C)c2c1N. The molecule has 0 aliphatic carbocycles. The van der Waals surface area contributed by atoms with Gasteiger partial charge in [0.25, 0.3) is 0 Å². The summed E-state index contributed by atoms with van der Waals surface area (Å²) in [4.78, 5) is 4.29. The molecule has 3 heteroatoms. The standard InChI is InChI=1S/C11H13N3/c1-6-4-3-5-8-9(6)10(12)7(2)11(13)14-8/h3-5H,1-2H3,(H4,12,13,14). The third-order valence-corrected chi connectivity index (χ3v) is 2.55. The summed E-state index contributed by atoms with van der Waals surface area (Å²) >= 11 is 0. The van der Waals surface area contributed by atoms with Crippen LogP contribution in [0.25, 0.3) is 10.9 Å². The van der Waals surface area contributed by atoms with E-state index in [0.29, 0.717) is 5.82 Å².